The maximum absolute atomic E-state index is 6.34. The quantitative estimate of drug-likeness (QED) is 0.895. The molecule has 0 fully saturated rings. The second-order valence-corrected chi connectivity index (χ2v) is 7.62. The maximum atomic E-state index is 6.34. The summed E-state index contributed by atoms with van der Waals surface area (Å²) in [7, 11) is 0. The Morgan fingerprint density at radius 1 is 0.960 bits per heavy atom. The molecular weight excluding hydrogens is 310 g/mol. The van der Waals surface area contributed by atoms with Gasteiger partial charge in [0.25, 0.3) is 0 Å². The van der Waals surface area contributed by atoms with E-state index in [1.807, 2.05) is 6.92 Å². The Hall–Kier alpha value is -1.68. The molecule has 0 saturated carbocycles. The van der Waals surface area contributed by atoms with Gasteiger partial charge in [-0.1, -0.05) is 48.9 Å². The van der Waals surface area contributed by atoms with Crippen molar-refractivity contribution in [1.82, 2.24) is 0 Å². The normalized spacial score (nSPS) is 28.3. The molecule has 2 heterocycles. The van der Waals surface area contributed by atoms with Gasteiger partial charge in [-0.3, -0.25) is 0 Å². The molecule has 2 N–H and O–H groups in total. The first-order chi connectivity index (χ1) is 12.0. The molecule has 2 aliphatic heterocycles. The molecule has 2 aromatic rings. The highest BCUT2D eigenvalue weighted by atomic mass is 16.5. The maximum Gasteiger partial charge on any atom is 0.0744 e. The Morgan fingerprint density at radius 2 is 1.68 bits per heavy atom. The summed E-state index contributed by atoms with van der Waals surface area (Å²) in [5.41, 5.74) is 14.2. The minimum absolute atomic E-state index is 0.0447. The van der Waals surface area contributed by atoms with Crippen molar-refractivity contribution in [2.75, 3.05) is 0 Å². The van der Waals surface area contributed by atoms with Crippen LogP contribution < -0.4 is 5.73 Å². The lowest BCUT2D eigenvalue weighted by atomic mass is 9.84. The molecule has 0 spiro atoms. The molecule has 2 aliphatic rings. The van der Waals surface area contributed by atoms with Crippen LogP contribution in [0.3, 0.4) is 0 Å². The summed E-state index contributed by atoms with van der Waals surface area (Å²) in [6.45, 7) is 7.85. The third-order valence-electron chi connectivity index (χ3n) is 5.82. The topological polar surface area (TPSA) is 44.5 Å². The van der Waals surface area contributed by atoms with Crippen LogP contribution in [0.1, 0.15) is 59.2 Å². The molecule has 132 valence electrons. The van der Waals surface area contributed by atoms with Gasteiger partial charge in [-0.25, -0.2) is 0 Å². The van der Waals surface area contributed by atoms with Gasteiger partial charge in [0.15, 0.2) is 0 Å². The highest BCUT2D eigenvalue weighted by Crippen LogP contribution is 2.34. The summed E-state index contributed by atoms with van der Waals surface area (Å²) in [6, 6.07) is 13.3. The van der Waals surface area contributed by atoms with Crippen LogP contribution in [-0.2, 0) is 29.1 Å². The third kappa shape index (κ3) is 3.12. The minimum Gasteiger partial charge on any atom is -0.373 e. The van der Waals surface area contributed by atoms with Gasteiger partial charge in [0.1, 0.15) is 0 Å². The van der Waals surface area contributed by atoms with Gasteiger partial charge in [0.05, 0.1) is 31.5 Å². The smallest absolute Gasteiger partial charge is 0.0744 e. The van der Waals surface area contributed by atoms with Gasteiger partial charge in [0.2, 0.25) is 0 Å². The van der Waals surface area contributed by atoms with Gasteiger partial charge in [-0.05, 0) is 48.1 Å². The molecule has 0 saturated heterocycles. The zero-order valence-electron chi connectivity index (χ0n) is 15.3. The van der Waals surface area contributed by atoms with Crippen molar-refractivity contribution in [3.8, 4) is 0 Å². The van der Waals surface area contributed by atoms with Crippen LogP contribution in [0, 0.1) is 6.92 Å². The van der Waals surface area contributed by atoms with Crippen LogP contribution in [0.4, 0.5) is 0 Å². The Labute approximate surface area is 150 Å². The molecule has 0 aromatic heterocycles. The zero-order valence-corrected chi connectivity index (χ0v) is 15.3. The first-order valence-electron chi connectivity index (χ1n) is 9.23. The van der Waals surface area contributed by atoms with Crippen LogP contribution in [0.25, 0.3) is 0 Å². The summed E-state index contributed by atoms with van der Waals surface area (Å²) in [5, 5.41) is 0. The number of fused-ring (bicyclic) bond motifs is 2. The van der Waals surface area contributed by atoms with Gasteiger partial charge in [-0.15, -0.1) is 0 Å². The fraction of sp³-hybridized carbons (Fsp3) is 0.455. The molecule has 25 heavy (non-hydrogen) atoms. The van der Waals surface area contributed by atoms with Crippen LogP contribution in [-0.4, -0.2) is 12.2 Å². The number of nitrogens with two attached hydrogens (primary N) is 1. The second kappa shape index (κ2) is 6.56. The molecular formula is C22H27NO2. The molecule has 0 aliphatic carbocycles. The van der Waals surface area contributed by atoms with Crippen LogP contribution in [0.2, 0.25) is 0 Å². The Bertz CT molecular complexity index is 786. The van der Waals surface area contributed by atoms with Crippen molar-refractivity contribution in [3.63, 3.8) is 0 Å². The largest absolute Gasteiger partial charge is 0.373 e. The molecule has 0 bridgehead atoms. The van der Waals surface area contributed by atoms with E-state index >= 15 is 0 Å². The number of hydrogen-bond donors (Lipinski definition) is 1. The molecule has 3 nitrogen and oxygen atoms in total. The monoisotopic (exact) mass is 337 g/mol. The van der Waals surface area contributed by atoms with Gasteiger partial charge < -0.3 is 15.2 Å². The lowest BCUT2D eigenvalue weighted by molar-refractivity contribution is 0.0118. The van der Waals surface area contributed by atoms with Crippen LogP contribution in [0.5, 0.6) is 0 Å². The van der Waals surface area contributed by atoms with Crippen molar-refractivity contribution < 1.29 is 9.47 Å². The van der Waals surface area contributed by atoms with Crippen molar-refractivity contribution >= 4 is 0 Å². The van der Waals surface area contributed by atoms with E-state index in [1.54, 1.807) is 0 Å². The highest BCUT2D eigenvalue weighted by Gasteiger charge is 2.28. The first-order valence-corrected chi connectivity index (χ1v) is 9.23. The molecule has 3 heteroatoms. The zero-order chi connectivity index (χ0) is 17.6. The van der Waals surface area contributed by atoms with Gasteiger partial charge in [0, 0.05) is 5.92 Å². The molecule has 0 amide bonds. The minimum atomic E-state index is -0.0447. The van der Waals surface area contributed by atoms with Gasteiger partial charge in [-0.2, -0.15) is 0 Å². The molecule has 4 rings (SSSR count). The van der Waals surface area contributed by atoms with E-state index in [1.165, 1.54) is 33.4 Å². The highest BCUT2D eigenvalue weighted by molar-refractivity contribution is 5.38. The summed E-state index contributed by atoms with van der Waals surface area (Å²) in [4.78, 5) is 0. The van der Waals surface area contributed by atoms with Crippen molar-refractivity contribution in [3.05, 3.63) is 69.8 Å². The van der Waals surface area contributed by atoms with Crippen molar-refractivity contribution in [2.24, 2.45) is 5.73 Å². The van der Waals surface area contributed by atoms with Crippen LogP contribution in [0.15, 0.2) is 36.4 Å². The number of rotatable bonds is 2. The SMILES string of the molecule is Cc1ccc2c(c1)C(C)C(Cc1ccc3c(c1)[C@@H](N)C(C)OC3)OC2. The number of hydrogen-bond acceptors (Lipinski definition) is 3. The van der Waals surface area contributed by atoms with E-state index in [0.717, 1.165) is 6.42 Å². The lowest BCUT2D eigenvalue weighted by Crippen LogP contribution is -2.32. The lowest BCUT2D eigenvalue weighted by Gasteiger charge is -2.33. The molecule has 0 radical (unpaired) electrons. The summed E-state index contributed by atoms with van der Waals surface area (Å²) >= 11 is 0. The average molecular weight is 337 g/mol. The van der Waals surface area contributed by atoms with E-state index < -0.39 is 0 Å². The standard InChI is InChI=1S/C22H27NO2/c1-13-4-6-17-12-25-21(14(2)19(17)8-13)10-16-5-7-18-11-24-15(3)22(23)20(18)9-16/h4-9,14-15,21-22H,10-12,23H2,1-3H3/t14?,15?,21?,22-/m0/s1. The molecule has 3 unspecified atom stereocenters. The van der Waals surface area contributed by atoms with Crippen molar-refractivity contribution in [2.45, 2.75) is 64.6 Å². The Kier molecular flexibility index (Phi) is 4.40. The fourth-order valence-electron chi connectivity index (χ4n) is 4.07. The first kappa shape index (κ1) is 16.8. The number of aryl methyl sites for hydroxylation is 1. The molecule has 4 atom stereocenters. The predicted octanol–water partition coefficient (Wildman–Crippen LogP) is 4.16. The summed E-state index contributed by atoms with van der Waals surface area (Å²) < 4.78 is 11.9. The Morgan fingerprint density at radius 3 is 2.52 bits per heavy atom. The summed E-state index contributed by atoms with van der Waals surface area (Å²) in [6.07, 6.45) is 1.20. The van der Waals surface area contributed by atoms with Crippen LogP contribution >= 0.6 is 0 Å². The summed E-state index contributed by atoms with van der Waals surface area (Å²) in [5.74, 6) is 0.399. The number of ether oxygens (including phenoxy) is 2. The van der Waals surface area contributed by atoms with E-state index in [4.69, 9.17) is 15.2 Å². The van der Waals surface area contributed by atoms with E-state index in [-0.39, 0.29) is 18.2 Å². The number of benzene rings is 2. The van der Waals surface area contributed by atoms with Crippen molar-refractivity contribution in [1.29, 1.82) is 0 Å². The van der Waals surface area contributed by atoms with E-state index in [0.29, 0.717) is 19.1 Å². The van der Waals surface area contributed by atoms with E-state index in [9.17, 15) is 0 Å². The second-order valence-electron chi connectivity index (χ2n) is 7.62. The predicted molar refractivity (Wildman–Crippen MR) is 99.5 cm³/mol. The third-order valence-corrected chi connectivity index (χ3v) is 5.82. The van der Waals surface area contributed by atoms with Gasteiger partial charge >= 0.3 is 0 Å². The van der Waals surface area contributed by atoms with E-state index in [2.05, 4.69) is 50.2 Å². The fourth-order valence-corrected chi connectivity index (χ4v) is 4.07. The Balaban J connectivity index is 1.57. The molecule has 2 aromatic carbocycles. The average Bonchev–Trinajstić information content (AvgIpc) is 2.61.